The molecular weight excluding hydrogens is 308 g/mol. The molecule has 2 atom stereocenters. The van der Waals surface area contributed by atoms with E-state index in [1.54, 1.807) is 0 Å². The van der Waals surface area contributed by atoms with Crippen molar-refractivity contribution in [3.8, 4) is 0 Å². The fraction of sp³-hybridized carbons (Fsp3) is 0.786. The van der Waals surface area contributed by atoms with E-state index in [1.165, 1.54) is 4.90 Å². The van der Waals surface area contributed by atoms with Crippen LogP contribution >= 0.6 is 23.5 Å². The zero-order valence-electron chi connectivity index (χ0n) is 11.9. The summed E-state index contributed by atoms with van der Waals surface area (Å²) in [5, 5.41) is 2.68. The van der Waals surface area contributed by atoms with E-state index in [0.29, 0.717) is 6.54 Å². The lowest BCUT2D eigenvalue weighted by Crippen LogP contribution is -2.60. The van der Waals surface area contributed by atoms with Gasteiger partial charge in [-0.3, -0.25) is 19.8 Å². The highest BCUT2D eigenvalue weighted by atomic mass is 32.2. The Morgan fingerprint density at radius 2 is 1.90 bits per heavy atom. The van der Waals surface area contributed by atoms with E-state index in [1.807, 2.05) is 23.5 Å². The zero-order chi connectivity index (χ0) is 14.8. The third-order valence-electron chi connectivity index (χ3n) is 4.43. The SMILES string of the molecule is O=C1NC(=O)N(CC2CSCCS2)C(=O)C1C1CCCC1. The Balaban J connectivity index is 1.70. The van der Waals surface area contributed by atoms with Crippen LogP contribution in [0.15, 0.2) is 0 Å². The van der Waals surface area contributed by atoms with Crippen molar-refractivity contribution < 1.29 is 14.4 Å². The number of thioether (sulfide) groups is 2. The van der Waals surface area contributed by atoms with E-state index in [2.05, 4.69) is 5.32 Å². The van der Waals surface area contributed by atoms with Crippen molar-refractivity contribution in [3.05, 3.63) is 0 Å². The highest BCUT2D eigenvalue weighted by Crippen LogP contribution is 2.34. The third-order valence-corrected chi connectivity index (χ3v) is 7.26. The number of urea groups is 1. The molecule has 2 unspecified atom stereocenters. The van der Waals surface area contributed by atoms with Crippen molar-refractivity contribution >= 4 is 41.4 Å². The first-order chi connectivity index (χ1) is 10.2. The maximum Gasteiger partial charge on any atom is 0.330 e. The van der Waals surface area contributed by atoms with E-state index in [-0.39, 0.29) is 23.0 Å². The molecule has 2 saturated heterocycles. The second-order valence-corrected chi connectivity index (χ2v) is 8.39. The molecule has 3 rings (SSSR count). The Bertz CT molecular complexity index is 446. The van der Waals surface area contributed by atoms with Gasteiger partial charge in [-0.2, -0.15) is 23.5 Å². The van der Waals surface area contributed by atoms with Crippen molar-refractivity contribution in [3.63, 3.8) is 0 Å². The second-order valence-electron chi connectivity index (χ2n) is 5.83. The molecule has 4 amide bonds. The van der Waals surface area contributed by atoms with Crippen LogP contribution in [0.4, 0.5) is 4.79 Å². The fourth-order valence-electron chi connectivity index (χ4n) is 3.36. The molecule has 2 heterocycles. The van der Waals surface area contributed by atoms with Gasteiger partial charge < -0.3 is 0 Å². The van der Waals surface area contributed by atoms with Crippen LogP contribution in [0.5, 0.6) is 0 Å². The first kappa shape index (κ1) is 15.2. The number of barbiturate groups is 1. The maximum atomic E-state index is 12.6. The molecule has 0 aromatic heterocycles. The van der Waals surface area contributed by atoms with Crippen molar-refractivity contribution in [2.75, 3.05) is 23.8 Å². The van der Waals surface area contributed by atoms with Gasteiger partial charge in [0.05, 0.1) is 0 Å². The number of hydrogen-bond acceptors (Lipinski definition) is 5. The summed E-state index contributed by atoms with van der Waals surface area (Å²) >= 11 is 3.68. The minimum atomic E-state index is -0.647. The molecule has 21 heavy (non-hydrogen) atoms. The Kier molecular flexibility index (Phi) is 4.78. The van der Waals surface area contributed by atoms with E-state index >= 15 is 0 Å². The molecule has 3 aliphatic rings. The predicted molar refractivity (Wildman–Crippen MR) is 84.3 cm³/mol. The first-order valence-electron chi connectivity index (χ1n) is 7.52. The number of carbonyl (C=O) groups is 3. The molecule has 0 aromatic rings. The molecule has 0 aromatic carbocycles. The van der Waals surface area contributed by atoms with Crippen molar-refractivity contribution in [1.29, 1.82) is 0 Å². The predicted octanol–water partition coefficient (Wildman–Crippen LogP) is 1.72. The Morgan fingerprint density at radius 1 is 1.14 bits per heavy atom. The highest BCUT2D eigenvalue weighted by Gasteiger charge is 2.45. The van der Waals surface area contributed by atoms with E-state index in [0.717, 1.165) is 42.9 Å². The Labute approximate surface area is 133 Å². The molecule has 1 aliphatic carbocycles. The lowest BCUT2D eigenvalue weighted by Gasteiger charge is -2.35. The van der Waals surface area contributed by atoms with E-state index in [9.17, 15) is 14.4 Å². The summed E-state index contributed by atoms with van der Waals surface area (Å²) in [6.07, 6.45) is 3.98. The van der Waals surface area contributed by atoms with Gasteiger partial charge in [0.25, 0.3) is 0 Å². The number of rotatable bonds is 3. The number of amides is 4. The average Bonchev–Trinajstić information content (AvgIpc) is 2.98. The van der Waals surface area contributed by atoms with E-state index < -0.39 is 11.9 Å². The molecule has 7 heteroatoms. The van der Waals surface area contributed by atoms with Gasteiger partial charge >= 0.3 is 6.03 Å². The molecular formula is C14H20N2O3S2. The number of nitrogens with zero attached hydrogens (tertiary/aromatic N) is 1. The lowest BCUT2D eigenvalue weighted by molar-refractivity contribution is -0.144. The topological polar surface area (TPSA) is 66.5 Å². The van der Waals surface area contributed by atoms with E-state index in [4.69, 9.17) is 0 Å². The van der Waals surface area contributed by atoms with Gasteiger partial charge in [-0.1, -0.05) is 12.8 Å². The molecule has 0 radical (unpaired) electrons. The minimum Gasteiger partial charge on any atom is -0.277 e. The molecule has 0 spiro atoms. The minimum absolute atomic E-state index is 0.112. The first-order valence-corrected chi connectivity index (χ1v) is 9.72. The van der Waals surface area contributed by atoms with Gasteiger partial charge in [0.2, 0.25) is 11.8 Å². The van der Waals surface area contributed by atoms with Gasteiger partial charge in [-0.25, -0.2) is 4.79 Å². The van der Waals surface area contributed by atoms with Crippen LogP contribution in [0.2, 0.25) is 0 Å². The highest BCUT2D eigenvalue weighted by molar-refractivity contribution is 8.06. The Morgan fingerprint density at radius 3 is 2.57 bits per heavy atom. The number of nitrogens with one attached hydrogen (secondary N) is 1. The molecule has 1 N–H and O–H groups in total. The normalized spacial score (nSPS) is 31.6. The number of imide groups is 2. The molecule has 1 saturated carbocycles. The fourth-order valence-corrected chi connectivity index (χ4v) is 6.01. The van der Waals surface area contributed by atoms with Crippen molar-refractivity contribution in [1.82, 2.24) is 10.2 Å². The van der Waals surface area contributed by atoms with Gasteiger partial charge in [0, 0.05) is 29.1 Å². The molecule has 0 bridgehead atoms. The monoisotopic (exact) mass is 328 g/mol. The average molecular weight is 328 g/mol. The molecule has 5 nitrogen and oxygen atoms in total. The molecule has 2 aliphatic heterocycles. The summed E-state index contributed by atoms with van der Waals surface area (Å²) in [6.45, 7) is 0.429. The standard InChI is InChI=1S/C14H20N2O3S2/c17-12-11(9-3-1-2-4-9)13(18)16(14(19)15-12)7-10-8-20-5-6-21-10/h9-11H,1-8H2,(H,15,17,19). The van der Waals surface area contributed by atoms with Gasteiger partial charge in [-0.05, 0) is 18.8 Å². The second kappa shape index (κ2) is 6.60. The van der Waals surface area contributed by atoms with Crippen LogP contribution in [-0.2, 0) is 9.59 Å². The maximum absolute atomic E-state index is 12.6. The molecule has 116 valence electrons. The third kappa shape index (κ3) is 3.23. The Hall–Kier alpha value is -0.690. The zero-order valence-corrected chi connectivity index (χ0v) is 13.5. The van der Waals surface area contributed by atoms with Crippen LogP contribution < -0.4 is 5.32 Å². The summed E-state index contributed by atoms with van der Waals surface area (Å²) in [5.41, 5.74) is 0. The summed E-state index contributed by atoms with van der Waals surface area (Å²) in [4.78, 5) is 38.0. The van der Waals surface area contributed by atoms with Crippen LogP contribution in [0, 0.1) is 11.8 Å². The van der Waals surface area contributed by atoms with Crippen LogP contribution in [0.3, 0.4) is 0 Å². The quantitative estimate of drug-likeness (QED) is 0.799. The van der Waals surface area contributed by atoms with Crippen LogP contribution in [0.1, 0.15) is 25.7 Å². The van der Waals surface area contributed by atoms with Crippen LogP contribution in [-0.4, -0.2) is 51.8 Å². The largest absolute Gasteiger partial charge is 0.330 e. The smallest absolute Gasteiger partial charge is 0.277 e. The number of hydrogen-bond donors (Lipinski definition) is 1. The summed E-state index contributed by atoms with van der Waals surface area (Å²) in [6, 6.07) is -0.532. The van der Waals surface area contributed by atoms with Gasteiger partial charge in [0.1, 0.15) is 5.92 Å². The summed E-state index contributed by atoms with van der Waals surface area (Å²) < 4.78 is 0. The van der Waals surface area contributed by atoms with Gasteiger partial charge in [-0.15, -0.1) is 0 Å². The lowest BCUT2D eigenvalue weighted by atomic mass is 9.87. The van der Waals surface area contributed by atoms with Crippen LogP contribution in [0.25, 0.3) is 0 Å². The molecule has 3 fully saturated rings. The van der Waals surface area contributed by atoms with Gasteiger partial charge in [0.15, 0.2) is 0 Å². The number of carbonyl (C=O) groups excluding carboxylic acids is 3. The van der Waals surface area contributed by atoms with Crippen molar-refractivity contribution in [2.24, 2.45) is 11.8 Å². The van der Waals surface area contributed by atoms with Crippen molar-refractivity contribution in [2.45, 2.75) is 30.9 Å². The summed E-state index contributed by atoms with van der Waals surface area (Å²) in [5.74, 6) is 1.96. The summed E-state index contributed by atoms with van der Waals surface area (Å²) in [7, 11) is 0.